The molecule has 112 valence electrons. The Labute approximate surface area is 130 Å². The van der Waals surface area contributed by atoms with Crippen LogP contribution in [0.4, 0.5) is 5.82 Å². The van der Waals surface area contributed by atoms with Gasteiger partial charge in [-0.1, -0.05) is 41.9 Å². The van der Waals surface area contributed by atoms with Gasteiger partial charge < -0.3 is 10.1 Å². The molecule has 0 aliphatic heterocycles. The molecule has 0 aliphatic rings. The van der Waals surface area contributed by atoms with E-state index in [1.165, 1.54) is 5.56 Å². The van der Waals surface area contributed by atoms with Crippen molar-refractivity contribution in [2.75, 3.05) is 18.5 Å². The van der Waals surface area contributed by atoms with Gasteiger partial charge in [0.2, 0.25) is 0 Å². The van der Waals surface area contributed by atoms with Gasteiger partial charge in [0.15, 0.2) is 5.82 Å². The van der Waals surface area contributed by atoms with Crippen LogP contribution in [0.5, 0.6) is 0 Å². The molecule has 0 saturated heterocycles. The van der Waals surface area contributed by atoms with Gasteiger partial charge in [-0.3, -0.25) is 0 Å². The van der Waals surface area contributed by atoms with Gasteiger partial charge in [-0.25, -0.2) is 9.97 Å². The van der Waals surface area contributed by atoms with Crippen molar-refractivity contribution >= 4 is 17.4 Å². The molecule has 2 aromatic rings. The monoisotopic (exact) mass is 305 g/mol. The van der Waals surface area contributed by atoms with Gasteiger partial charge in [-0.15, -0.1) is 0 Å². The molecule has 0 bridgehead atoms. The van der Waals surface area contributed by atoms with Crippen LogP contribution in [0, 0.1) is 0 Å². The Kier molecular flexibility index (Phi) is 6.44. The summed E-state index contributed by atoms with van der Waals surface area (Å²) in [5.74, 6) is 1.35. The molecule has 1 heterocycles. The summed E-state index contributed by atoms with van der Waals surface area (Å²) in [5, 5.41) is 3.72. The number of aromatic nitrogens is 2. The Balaban J connectivity index is 1.81. The lowest BCUT2D eigenvalue weighted by Crippen LogP contribution is -2.08. The maximum Gasteiger partial charge on any atom is 0.158 e. The fourth-order valence-electron chi connectivity index (χ4n) is 1.97. The van der Waals surface area contributed by atoms with Gasteiger partial charge in [0.05, 0.1) is 0 Å². The predicted molar refractivity (Wildman–Crippen MR) is 85.6 cm³/mol. The second-order valence-corrected chi connectivity index (χ2v) is 5.03. The van der Waals surface area contributed by atoms with E-state index in [1.54, 1.807) is 6.07 Å². The van der Waals surface area contributed by atoms with Gasteiger partial charge in [-0.2, -0.15) is 0 Å². The molecule has 0 aliphatic carbocycles. The maximum atomic E-state index is 5.99. The fraction of sp³-hybridized carbons (Fsp3) is 0.375. The third-order valence-electron chi connectivity index (χ3n) is 2.97. The number of nitrogens with zero attached hydrogens (tertiary/aromatic N) is 2. The molecule has 0 atom stereocenters. The van der Waals surface area contributed by atoms with E-state index in [1.807, 2.05) is 13.0 Å². The lowest BCUT2D eigenvalue weighted by Gasteiger charge is -2.08. The molecular weight excluding hydrogens is 286 g/mol. The Morgan fingerprint density at radius 3 is 2.76 bits per heavy atom. The Hall–Kier alpha value is -1.65. The Bertz CT molecular complexity index is 548. The van der Waals surface area contributed by atoms with E-state index in [2.05, 4.69) is 39.6 Å². The molecule has 5 heteroatoms. The number of ether oxygens (including phenoxy) is 1. The van der Waals surface area contributed by atoms with Crippen molar-refractivity contribution < 1.29 is 4.74 Å². The van der Waals surface area contributed by atoms with E-state index in [9.17, 15) is 0 Å². The number of anilines is 1. The standard InChI is InChI=1S/C16H20ClN3O/c1-2-21-12-16-19-14(17)11-15(20-16)18-10-6-9-13-7-4-3-5-8-13/h3-5,7-8,11H,2,6,9-10,12H2,1H3,(H,18,19,20). The van der Waals surface area contributed by atoms with Crippen molar-refractivity contribution in [1.82, 2.24) is 9.97 Å². The van der Waals surface area contributed by atoms with Crippen molar-refractivity contribution in [3.8, 4) is 0 Å². The minimum atomic E-state index is 0.385. The zero-order valence-corrected chi connectivity index (χ0v) is 12.9. The van der Waals surface area contributed by atoms with Crippen LogP contribution in [-0.2, 0) is 17.8 Å². The largest absolute Gasteiger partial charge is 0.374 e. The summed E-state index contributed by atoms with van der Waals surface area (Å²) in [4.78, 5) is 8.52. The minimum absolute atomic E-state index is 0.385. The minimum Gasteiger partial charge on any atom is -0.374 e. The van der Waals surface area contributed by atoms with Gasteiger partial charge in [-0.05, 0) is 25.3 Å². The second-order valence-electron chi connectivity index (χ2n) is 4.65. The fourth-order valence-corrected chi connectivity index (χ4v) is 2.17. The first-order valence-corrected chi connectivity index (χ1v) is 7.54. The summed E-state index contributed by atoms with van der Waals surface area (Å²) in [6.45, 7) is 3.80. The van der Waals surface area contributed by atoms with Crippen molar-refractivity contribution in [1.29, 1.82) is 0 Å². The summed E-state index contributed by atoms with van der Waals surface area (Å²) in [6, 6.07) is 12.2. The Morgan fingerprint density at radius 2 is 2.00 bits per heavy atom. The molecule has 0 fully saturated rings. The smallest absolute Gasteiger partial charge is 0.158 e. The first-order valence-electron chi connectivity index (χ1n) is 7.17. The van der Waals surface area contributed by atoms with Crippen LogP contribution in [0.1, 0.15) is 24.7 Å². The van der Waals surface area contributed by atoms with E-state index in [4.69, 9.17) is 16.3 Å². The average Bonchev–Trinajstić information content (AvgIpc) is 2.50. The molecule has 21 heavy (non-hydrogen) atoms. The topological polar surface area (TPSA) is 47.0 Å². The zero-order chi connectivity index (χ0) is 14.9. The van der Waals surface area contributed by atoms with E-state index in [0.717, 1.165) is 25.2 Å². The molecule has 0 saturated carbocycles. The molecular formula is C16H20ClN3O. The number of rotatable bonds is 8. The van der Waals surface area contributed by atoms with Gasteiger partial charge in [0, 0.05) is 19.2 Å². The number of hydrogen-bond acceptors (Lipinski definition) is 4. The van der Waals surface area contributed by atoms with Crippen molar-refractivity contribution in [2.45, 2.75) is 26.4 Å². The van der Waals surface area contributed by atoms with Crippen LogP contribution >= 0.6 is 11.6 Å². The predicted octanol–water partition coefficient (Wildman–Crippen LogP) is 3.71. The molecule has 1 N–H and O–H groups in total. The quantitative estimate of drug-likeness (QED) is 0.596. The summed E-state index contributed by atoms with van der Waals surface area (Å²) in [7, 11) is 0. The van der Waals surface area contributed by atoms with Crippen molar-refractivity contribution in [3.63, 3.8) is 0 Å². The van der Waals surface area contributed by atoms with Gasteiger partial charge >= 0.3 is 0 Å². The highest BCUT2D eigenvalue weighted by Gasteiger charge is 2.03. The number of nitrogens with one attached hydrogen (secondary N) is 1. The molecule has 0 unspecified atom stereocenters. The van der Waals surface area contributed by atoms with Gasteiger partial charge in [0.25, 0.3) is 0 Å². The molecule has 2 rings (SSSR count). The summed E-state index contributed by atoms with van der Waals surface area (Å²) in [5.41, 5.74) is 1.34. The van der Waals surface area contributed by atoms with E-state index < -0.39 is 0 Å². The summed E-state index contributed by atoms with van der Waals surface area (Å²) < 4.78 is 5.30. The second kappa shape index (κ2) is 8.60. The SMILES string of the molecule is CCOCc1nc(Cl)cc(NCCCc2ccccc2)n1. The molecule has 1 aromatic heterocycles. The van der Waals surface area contributed by atoms with Crippen LogP contribution in [0.2, 0.25) is 5.15 Å². The van der Waals surface area contributed by atoms with Gasteiger partial charge in [0.1, 0.15) is 17.6 Å². The molecule has 4 nitrogen and oxygen atoms in total. The van der Waals surface area contributed by atoms with Crippen LogP contribution in [-0.4, -0.2) is 23.1 Å². The Morgan fingerprint density at radius 1 is 1.19 bits per heavy atom. The van der Waals surface area contributed by atoms with Crippen LogP contribution in [0.15, 0.2) is 36.4 Å². The molecule has 0 spiro atoms. The number of benzene rings is 1. The van der Waals surface area contributed by atoms with E-state index in [-0.39, 0.29) is 0 Å². The first kappa shape index (κ1) is 15.7. The maximum absolute atomic E-state index is 5.99. The lowest BCUT2D eigenvalue weighted by atomic mass is 10.1. The van der Waals surface area contributed by atoms with E-state index >= 15 is 0 Å². The van der Waals surface area contributed by atoms with Crippen LogP contribution < -0.4 is 5.32 Å². The highest BCUT2D eigenvalue weighted by Crippen LogP contribution is 2.12. The third-order valence-corrected chi connectivity index (χ3v) is 3.16. The summed E-state index contributed by atoms with van der Waals surface area (Å²) >= 11 is 5.99. The van der Waals surface area contributed by atoms with Crippen molar-refractivity contribution in [3.05, 3.63) is 52.9 Å². The van der Waals surface area contributed by atoms with E-state index in [0.29, 0.717) is 24.2 Å². The lowest BCUT2D eigenvalue weighted by molar-refractivity contribution is 0.128. The highest BCUT2D eigenvalue weighted by atomic mass is 35.5. The molecule has 0 radical (unpaired) electrons. The molecule has 0 amide bonds. The first-order chi connectivity index (χ1) is 10.3. The number of hydrogen-bond donors (Lipinski definition) is 1. The number of aryl methyl sites for hydroxylation is 1. The third kappa shape index (κ3) is 5.69. The average molecular weight is 306 g/mol. The normalized spacial score (nSPS) is 10.6. The summed E-state index contributed by atoms with van der Waals surface area (Å²) in [6.07, 6.45) is 2.07. The zero-order valence-electron chi connectivity index (χ0n) is 12.2. The van der Waals surface area contributed by atoms with Crippen LogP contribution in [0.25, 0.3) is 0 Å². The van der Waals surface area contributed by atoms with Crippen LogP contribution in [0.3, 0.4) is 0 Å². The highest BCUT2D eigenvalue weighted by molar-refractivity contribution is 6.29. The molecule has 1 aromatic carbocycles. The number of halogens is 1. The van der Waals surface area contributed by atoms with Crippen molar-refractivity contribution in [2.24, 2.45) is 0 Å².